The van der Waals surface area contributed by atoms with E-state index in [9.17, 15) is 4.79 Å². The van der Waals surface area contributed by atoms with Crippen LogP contribution in [0.25, 0.3) is 0 Å². The van der Waals surface area contributed by atoms with Crippen molar-refractivity contribution in [3.8, 4) is 5.75 Å². The normalized spacial score (nSPS) is 17.8. The molecule has 10 nitrogen and oxygen atoms in total. The fraction of sp³-hybridized carbons (Fsp3) is 0.455. The minimum absolute atomic E-state index is 0.0653. The van der Waals surface area contributed by atoms with Gasteiger partial charge in [-0.1, -0.05) is 0 Å². The first-order chi connectivity index (χ1) is 15.5. The van der Waals surface area contributed by atoms with Gasteiger partial charge in [0.05, 0.1) is 23.6 Å². The number of nitrogens with one attached hydrogen (secondary N) is 2. The molecule has 0 atom stereocenters. The highest BCUT2D eigenvalue weighted by Crippen LogP contribution is 2.30. The molecule has 0 saturated carbocycles. The quantitative estimate of drug-likeness (QED) is 0.329. The van der Waals surface area contributed by atoms with Crippen LogP contribution in [0.1, 0.15) is 24.1 Å². The van der Waals surface area contributed by atoms with Gasteiger partial charge in [-0.15, -0.1) is 0 Å². The van der Waals surface area contributed by atoms with Crippen molar-refractivity contribution in [1.82, 2.24) is 15.3 Å². The zero-order valence-electron chi connectivity index (χ0n) is 18.1. The lowest BCUT2D eigenvalue weighted by molar-refractivity contribution is -0.146. The van der Waals surface area contributed by atoms with Gasteiger partial charge >= 0.3 is 0 Å². The first-order valence-corrected chi connectivity index (χ1v) is 10.6. The van der Waals surface area contributed by atoms with E-state index in [0.717, 1.165) is 31.7 Å². The Bertz CT molecular complexity index is 978. The molecule has 2 fully saturated rings. The molecule has 0 bridgehead atoms. The van der Waals surface area contributed by atoms with Crippen molar-refractivity contribution in [2.75, 3.05) is 57.2 Å². The SMILES string of the molecule is COCCOc1ccc(N)c(C(=N)c2cc(N3CCC4(CC3)CNC(=O)CO4)ncn2)c1. The van der Waals surface area contributed by atoms with E-state index >= 15 is 0 Å². The number of ether oxygens (including phenoxy) is 3. The van der Waals surface area contributed by atoms with Crippen molar-refractivity contribution in [2.45, 2.75) is 18.4 Å². The number of nitrogens with zero attached hydrogens (tertiary/aromatic N) is 3. The van der Waals surface area contributed by atoms with Crippen molar-refractivity contribution >= 4 is 23.1 Å². The molecular weight excluding hydrogens is 412 g/mol. The molecule has 3 heterocycles. The van der Waals surface area contributed by atoms with Gasteiger partial charge in [-0.2, -0.15) is 0 Å². The van der Waals surface area contributed by atoms with Gasteiger partial charge in [-0.3, -0.25) is 10.2 Å². The van der Waals surface area contributed by atoms with Crippen LogP contribution in [-0.2, 0) is 14.3 Å². The second-order valence-corrected chi connectivity index (χ2v) is 7.96. The van der Waals surface area contributed by atoms with Gasteiger partial charge in [0, 0.05) is 44.1 Å². The number of benzene rings is 1. The van der Waals surface area contributed by atoms with Crippen molar-refractivity contribution < 1.29 is 19.0 Å². The lowest BCUT2D eigenvalue weighted by atomic mass is 9.90. The van der Waals surface area contributed by atoms with E-state index in [1.54, 1.807) is 25.3 Å². The minimum Gasteiger partial charge on any atom is -0.491 e. The third-order valence-corrected chi connectivity index (χ3v) is 5.87. The number of amides is 1. The van der Waals surface area contributed by atoms with Crippen molar-refractivity contribution in [2.24, 2.45) is 0 Å². The maximum Gasteiger partial charge on any atom is 0.246 e. The molecule has 4 rings (SSSR count). The average Bonchev–Trinajstić information content (AvgIpc) is 2.82. The number of aromatic nitrogens is 2. The topological polar surface area (TPSA) is 136 Å². The summed E-state index contributed by atoms with van der Waals surface area (Å²) in [5.74, 6) is 1.30. The third kappa shape index (κ3) is 4.81. The monoisotopic (exact) mass is 440 g/mol. The highest BCUT2D eigenvalue weighted by atomic mass is 16.5. The molecule has 0 radical (unpaired) electrons. The summed E-state index contributed by atoms with van der Waals surface area (Å²) in [6.07, 6.45) is 3.05. The fourth-order valence-corrected chi connectivity index (χ4v) is 3.92. The van der Waals surface area contributed by atoms with Crippen molar-refractivity contribution in [1.29, 1.82) is 5.41 Å². The molecule has 170 valence electrons. The zero-order valence-corrected chi connectivity index (χ0v) is 18.1. The fourth-order valence-electron chi connectivity index (χ4n) is 3.92. The van der Waals surface area contributed by atoms with Crippen LogP contribution in [0.2, 0.25) is 0 Å². The molecule has 2 saturated heterocycles. The Balaban J connectivity index is 1.46. The van der Waals surface area contributed by atoms with Gasteiger partial charge in [0.25, 0.3) is 0 Å². The Morgan fingerprint density at radius 2 is 2.09 bits per heavy atom. The number of anilines is 2. The lowest BCUT2D eigenvalue weighted by Gasteiger charge is -2.43. The van der Waals surface area contributed by atoms with Crippen molar-refractivity contribution in [3.05, 3.63) is 41.9 Å². The number of rotatable bonds is 7. The van der Waals surface area contributed by atoms with E-state index < -0.39 is 0 Å². The summed E-state index contributed by atoms with van der Waals surface area (Å²) in [5.41, 5.74) is 7.55. The molecule has 32 heavy (non-hydrogen) atoms. The number of carbonyl (C=O) groups excluding carboxylic acids is 1. The Labute approximate surface area is 186 Å². The van der Waals surface area contributed by atoms with E-state index in [1.807, 2.05) is 6.07 Å². The number of methoxy groups -OCH3 is 1. The van der Waals surface area contributed by atoms with Crippen LogP contribution in [0, 0.1) is 5.41 Å². The Kier molecular flexibility index (Phi) is 6.52. The maximum absolute atomic E-state index is 11.4. The van der Waals surface area contributed by atoms with E-state index in [1.165, 1.54) is 6.33 Å². The first kappa shape index (κ1) is 22.0. The molecule has 1 aromatic heterocycles. The van der Waals surface area contributed by atoms with E-state index in [0.29, 0.717) is 42.5 Å². The average molecular weight is 441 g/mol. The number of morpholine rings is 1. The van der Waals surface area contributed by atoms with Crippen LogP contribution in [0.15, 0.2) is 30.6 Å². The van der Waals surface area contributed by atoms with Gasteiger partial charge in [0.2, 0.25) is 5.91 Å². The van der Waals surface area contributed by atoms with Gasteiger partial charge < -0.3 is 30.2 Å². The third-order valence-electron chi connectivity index (χ3n) is 5.87. The highest BCUT2D eigenvalue weighted by molar-refractivity contribution is 6.13. The molecule has 1 spiro atoms. The maximum atomic E-state index is 11.4. The van der Waals surface area contributed by atoms with Crippen LogP contribution in [0.4, 0.5) is 11.5 Å². The van der Waals surface area contributed by atoms with Crippen LogP contribution in [0.5, 0.6) is 5.75 Å². The summed E-state index contributed by atoms with van der Waals surface area (Å²) in [4.78, 5) is 22.3. The van der Waals surface area contributed by atoms with E-state index in [-0.39, 0.29) is 23.8 Å². The Morgan fingerprint density at radius 1 is 1.28 bits per heavy atom. The predicted octanol–water partition coefficient (Wildman–Crippen LogP) is 0.986. The van der Waals surface area contributed by atoms with Gasteiger partial charge in [0.1, 0.15) is 31.1 Å². The molecule has 10 heteroatoms. The summed E-state index contributed by atoms with van der Waals surface area (Å²) < 4.78 is 16.5. The number of hydrogen-bond donors (Lipinski definition) is 3. The zero-order chi connectivity index (χ0) is 22.6. The molecule has 4 N–H and O–H groups in total. The second-order valence-electron chi connectivity index (χ2n) is 7.96. The summed E-state index contributed by atoms with van der Waals surface area (Å²) in [5, 5.41) is 11.6. The summed E-state index contributed by atoms with van der Waals surface area (Å²) in [6.45, 7) is 3.02. The molecule has 1 amide bonds. The predicted molar refractivity (Wildman–Crippen MR) is 119 cm³/mol. The number of carbonyl (C=O) groups is 1. The highest BCUT2D eigenvalue weighted by Gasteiger charge is 2.39. The largest absolute Gasteiger partial charge is 0.491 e. The van der Waals surface area contributed by atoms with Gasteiger partial charge in [-0.05, 0) is 31.0 Å². The smallest absolute Gasteiger partial charge is 0.246 e. The molecule has 1 aromatic carbocycles. The summed E-state index contributed by atoms with van der Waals surface area (Å²) in [7, 11) is 1.61. The molecule has 2 aliphatic heterocycles. The van der Waals surface area contributed by atoms with E-state index in [4.69, 9.17) is 25.4 Å². The number of hydrogen-bond acceptors (Lipinski definition) is 9. The minimum atomic E-state index is -0.301. The van der Waals surface area contributed by atoms with Crippen molar-refractivity contribution in [3.63, 3.8) is 0 Å². The lowest BCUT2D eigenvalue weighted by Crippen LogP contribution is -2.57. The van der Waals surface area contributed by atoms with Gasteiger partial charge in [0.15, 0.2) is 0 Å². The molecule has 2 aromatic rings. The number of nitrogens with two attached hydrogens (primary N) is 1. The van der Waals surface area contributed by atoms with Crippen LogP contribution < -0.4 is 20.7 Å². The van der Waals surface area contributed by atoms with Gasteiger partial charge in [-0.25, -0.2) is 9.97 Å². The molecule has 2 aliphatic rings. The summed E-state index contributed by atoms with van der Waals surface area (Å²) in [6, 6.07) is 7.05. The van der Waals surface area contributed by atoms with Crippen LogP contribution in [-0.4, -0.2) is 73.8 Å². The molecule has 0 unspecified atom stereocenters. The molecular formula is C22H28N6O4. The second kappa shape index (κ2) is 9.49. The summed E-state index contributed by atoms with van der Waals surface area (Å²) >= 11 is 0. The standard InChI is InChI=1S/C22H28N6O4/c1-30-8-9-31-15-2-3-17(23)16(10-15)21(24)18-11-19(27-14-26-18)28-6-4-22(5-7-28)13-25-20(29)12-32-22/h2-3,10-11,14,24H,4-9,12-13,23H2,1H3,(H,25,29). The van der Waals surface area contributed by atoms with E-state index in [2.05, 4.69) is 20.2 Å². The van der Waals surface area contributed by atoms with Crippen LogP contribution >= 0.6 is 0 Å². The first-order valence-electron chi connectivity index (χ1n) is 10.6. The Hall–Kier alpha value is -3.24. The Morgan fingerprint density at radius 3 is 2.81 bits per heavy atom. The van der Waals surface area contributed by atoms with Crippen LogP contribution in [0.3, 0.4) is 0 Å². The number of piperidine rings is 1. The molecule has 0 aliphatic carbocycles. The number of nitrogen functional groups attached to an aromatic ring is 1.